The normalized spacial score (nSPS) is 43.9. The van der Waals surface area contributed by atoms with Crippen LogP contribution < -0.4 is 0 Å². The fraction of sp³-hybridized carbons (Fsp3) is 0.741. The van der Waals surface area contributed by atoms with E-state index in [2.05, 4.69) is 31.8 Å². The van der Waals surface area contributed by atoms with Gasteiger partial charge in [-0.1, -0.05) is 32.4 Å². The molecule has 5 rings (SSSR count). The molecule has 3 fully saturated rings. The number of aliphatic hydroxyl groups excluding tert-OH is 1. The van der Waals surface area contributed by atoms with Crippen molar-refractivity contribution in [2.75, 3.05) is 0 Å². The maximum Gasteiger partial charge on any atom is 0.137 e. The number of aromatic nitrogens is 1. The zero-order chi connectivity index (χ0) is 21.3. The fourth-order valence-electron chi connectivity index (χ4n) is 8.61. The molecule has 3 saturated carbocycles. The molecule has 1 aromatic rings. The zero-order valence-electron chi connectivity index (χ0n) is 19.2. The molecule has 0 spiro atoms. The van der Waals surface area contributed by atoms with E-state index in [1.54, 1.807) is 5.57 Å². The highest BCUT2D eigenvalue weighted by atomic mass is 16.3. The summed E-state index contributed by atoms with van der Waals surface area (Å²) in [6.07, 6.45) is 13.7. The van der Waals surface area contributed by atoms with E-state index in [4.69, 9.17) is 0 Å². The molecule has 1 aromatic heterocycles. The third-order valence-corrected chi connectivity index (χ3v) is 10.2. The Morgan fingerprint density at radius 2 is 1.90 bits per heavy atom. The van der Waals surface area contributed by atoms with Crippen LogP contribution in [-0.2, 0) is 0 Å². The van der Waals surface area contributed by atoms with Gasteiger partial charge in [0.25, 0.3) is 0 Å². The second-order valence-electron chi connectivity index (χ2n) is 11.6. The van der Waals surface area contributed by atoms with Gasteiger partial charge in [-0.25, -0.2) is 0 Å². The lowest BCUT2D eigenvalue weighted by Crippen LogP contribution is -2.50. The molecule has 0 aliphatic heterocycles. The van der Waals surface area contributed by atoms with E-state index in [0.29, 0.717) is 28.4 Å². The molecule has 164 valence electrons. The van der Waals surface area contributed by atoms with Gasteiger partial charge in [0.05, 0.1) is 11.8 Å². The van der Waals surface area contributed by atoms with Crippen molar-refractivity contribution in [1.29, 1.82) is 0 Å². The molecule has 0 aromatic carbocycles. The number of fused-ring (bicyclic) bond motifs is 5. The quantitative estimate of drug-likeness (QED) is 0.577. The van der Waals surface area contributed by atoms with Gasteiger partial charge >= 0.3 is 0 Å². The highest BCUT2D eigenvalue weighted by Crippen LogP contribution is 2.67. The van der Waals surface area contributed by atoms with Gasteiger partial charge in [-0.2, -0.15) is 0 Å². The highest BCUT2D eigenvalue weighted by Gasteiger charge is 2.59. The standard InChI is InChI=1S/C27H39NO2/c1-16-13-24(30)25(28-15-16)17(2)21-7-8-22-20-6-5-18-14-19(29)9-11-26(18,3)23(20)10-12-27(21,22)4/h5,13,15,17,19-23,29-30H,6-12,14H2,1-4H3/t17-,19+,20+,21-,22+,23+,26+,27-/m1/s1. The van der Waals surface area contributed by atoms with Crippen LogP contribution in [0.2, 0.25) is 0 Å². The summed E-state index contributed by atoms with van der Waals surface area (Å²) in [5.41, 5.74) is 4.13. The van der Waals surface area contributed by atoms with E-state index in [-0.39, 0.29) is 6.10 Å². The van der Waals surface area contributed by atoms with Crippen molar-refractivity contribution in [3.8, 4) is 5.75 Å². The molecular formula is C27H39NO2. The van der Waals surface area contributed by atoms with E-state index < -0.39 is 0 Å². The minimum atomic E-state index is -0.124. The average molecular weight is 410 g/mol. The summed E-state index contributed by atoms with van der Waals surface area (Å²) >= 11 is 0. The van der Waals surface area contributed by atoms with Gasteiger partial charge in [0, 0.05) is 12.1 Å². The number of aliphatic hydroxyl groups is 1. The molecule has 3 heteroatoms. The SMILES string of the molecule is Cc1cnc([C@H](C)[C@H]2CC[C@H]3[C@@H]4CC=C5C[C@@H](O)CC[C@]5(C)[C@H]4CC[C@]23C)c(O)c1. The zero-order valence-corrected chi connectivity index (χ0v) is 19.2. The molecule has 4 aliphatic rings. The summed E-state index contributed by atoms with van der Waals surface area (Å²) in [6.45, 7) is 9.35. The number of hydrogen-bond acceptors (Lipinski definition) is 3. The Bertz CT molecular complexity index is 862. The maximum absolute atomic E-state index is 10.6. The summed E-state index contributed by atoms with van der Waals surface area (Å²) in [4.78, 5) is 4.66. The van der Waals surface area contributed by atoms with E-state index in [0.717, 1.165) is 48.3 Å². The molecule has 0 amide bonds. The number of hydrogen-bond donors (Lipinski definition) is 2. The molecule has 30 heavy (non-hydrogen) atoms. The predicted molar refractivity (Wildman–Crippen MR) is 120 cm³/mol. The smallest absolute Gasteiger partial charge is 0.137 e. The number of nitrogens with zero attached hydrogens (tertiary/aromatic N) is 1. The van der Waals surface area contributed by atoms with Crippen LogP contribution >= 0.6 is 0 Å². The number of aryl methyl sites for hydroxylation is 1. The van der Waals surface area contributed by atoms with Gasteiger partial charge in [-0.05, 0) is 104 Å². The van der Waals surface area contributed by atoms with Gasteiger partial charge in [0.1, 0.15) is 5.75 Å². The van der Waals surface area contributed by atoms with Gasteiger partial charge < -0.3 is 10.2 Å². The Hall–Kier alpha value is -1.35. The third kappa shape index (κ3) is 2.91. The average Bonchev–Trinajstić information content (AvgIpc) is 3.05. The molecule has 8 atom stereocenters. The molecule has 0 saturated heterocycles. The van der Waals surface area contributed by atoms with Crippen molar-refractivity contribution in [2.45, 2.75) is 91.1 Å². The molecule has 0 unspecified atom stereocenters. The van der Waals surface area contributed by atoms with Crippen LogP contribution in [0.1, 0.15) is 89.3 Å². The number of pyridine rings is 1. The first kappa shape index (κ1) is 20.5. The first-order valence-corrected chi connectivity index (χ1v) is 12.3. The van der Waals surface area contributed by atoms with Crippen LogP contribution in [0, 0.1) is 41.4 Å². The third-order valence-electron chi connectivity index (χ3n) is 10.2. The minimum absolute atomic E-state index is 0.124. The highest BCUT2D eigenvalue weighted by molar-refractivity contribution is 5.33. The Balaban J connectivity index is 1.43. The fourth-order valence-corrected chi connectivity index (χ4v) is 8.61. The number of aromatic hydroxyl groups is 1. The number of rotatable bonds is 2. The topological polar surface area (TPSA) is 53.4 Å². The van der Waals surface area contributed by atoms with Crippen LogP contribution in [0.25, 0.3) is 0 Å². The van der Waals surface area contributed by atoms with Crippen molar-refractivity contribution in [1.82, 2.24) is 4.98 Å². The molecule has 2 N–H and O–H groups in total. The minimum Gasteiger partial charge on any atom is -0.506 e. The van der Waals surface area contributed by atoms with E-state index in [9.17, 15) is 10.2 Å². The van der Waals surface area contributed by atoms with Gasteiger partial charge in [-0.3, -0.25) is 4.98 Å². The van der Waals surface area contributed by atoms with Crippen molar-refractivity contribution in [3.63, 3.8) is 0 Å². The first-order chi connectivity index (χ1) is 14.2. The van der Waals surface area contributed by atoms with Gasteiger partial charge in [-0.15, -0.1) is 0 Å². The van der Waals surface area contributed by atoms with E-state index in [1.165, 1.54) is 32.1 Å². The molecular weight excluding hydrogens is 370 g/mol. The molecule has 3 nitrogen and oxygen atoms in total. The van der Waals surface area contributed by atoms with Crippen LogP contribution in [0.3, 0.4) is 0 Å². The molecule has 1 heterocycles. The molecule has 0 radical (unpaired) electrons. The largest absolute Gasteiger partial charge is 0.506 e. The number of allylic oxidation sites excluding steroid dienone is 1. The van der Waals surface area contributed by atoms with E-state index >= 15 is 0 Å². The summed E-state index contributed by atoms with van der Waals surface area (Å²) in [5.74, 6) is 3.61. The summed E-state index contributed by atoms with van der Waals surface area (Å²) in [5, 5.41) is 20.8. The van der Waals surface area contributed by atoms with Crippen molar-refractivity contribution >= 4 is 0 Å². The summed E-state index contributed by atoms with van der Waals surface area (Å²) in [7, 11) is 0. The Morgan fingerprint density at radius 3 is 2.67 bits per heavy atom. The van der Waals surface area contributed by atoms with Crippen LogP contribution in [0.4, 0.5) is 0 Å². The Labute approximate surface area is 182 Å². The Morgan fingerprint density at radius 1 is 1.10 bits per heavy atom. The molecule has 0 bridgehead atoms. The maximum atomic E-state index is 10.6. The Kier molecular flexibility index (Phi) is 4.85. The van der Waals surface area contributed by atoms with Crippen LogP contribution in [0.5, 0.6) is 5.75 Å². The lowest BCUT2D eigenvalue weighted by Gasteiger charge is -2.58. The van der Waals surface area contributed by atoms with Crippen molar-refractivity contribution < 1.29 is 10.2 Å². The monoisotopic (exact) mass is 409 g/mol. The lowest BCUT2D eigenvalue weighted by molar-refractivity contribution is -0.0526. The van der Waals surface area contributed by atoms with Crippen molar-refractivity contribution in [3.05, 3.63) is 35.2 Å². The second kappa shape index (κ2) is 7.08. The van der Waals surface area contributed by atoms with Crippen LogP contribution in [-0.4, -0.2) is 21.3 Å². The summed E-state index contributed by atoms with van der Waals surface area (Å²) < 4.78 is 0. The predicted octanol–water partition coefficient (Wildman–Crippen LogP) is 6.14. The van der Waals surface area contributed by atoms with Crippen LogP contribution in [0.15, 0.2) is 23.9 Å². The van der Waals surface area contributed by atoms with Gasteiger partial charge in [0.15, 0.2) is 0 Å². The summed E-state index contributed by atoms with van der Waals surface area (Å²) in [6, 6.07) is 1.87. The first-order valence-electron chi connectivity index (χ1n) is 12.3. The lowest BCUT2D eigenvalue weighted by atomic mass is 9.47. The molecule has 4 aliphatic carbocycles. The second-order valence-corrected chi connectivity index (χ2v) is 11.6. The van der Waals surface area contributed by atoms with E-state index in [1.807, 2.05) is 19.2 Å². The van der Waals surface area contributed by atoms with Gasteiger partial charge in [0.2, 0.25) is 0 Å². The van der Waals surface area contributed by atoms with Crippen molar-refractivity contribution in [2.24, 2.45) is 34.5 Å².